The molecule has 0 rings (SSSR count). The number of ether oxygens (including phenoxy) is 3. The summed E-state index contributed by atoms with van der Waals surface area (Å²) in [6.45, 7) is 6.36. The average molecular weight is 953 g/mol. The molecule has 0 unspecified atom stereocenters. The summed E-state index contributed by atoms with van der Waals surface area (Å²) in [5, 5.41) is 0. The minimum absolute atomic E-state index is 0.146. The lowest BCUT2D eigenvalue weighted by Gasteiger charge is -2.18. The summed E-state index contributed by atoms with van der Waals surface area (Å²) in [5.41, 5.74) is 0. The highest BCUT2D eigenvalue weighted by Gasteiger charge is 2.19. The summed E-state index contributed by atoms with van der Waals surface area (Å²) in [7, 11) is 0. The molecule has 0 spiro atoms. The molecule has 0 saturated heterocycles. The molecule has 0 radical (unpaired) electrons. The van der Waals surface area contributed by atoms with Crippen LogP contribution in [-0.2, 0) is 28.6 Å². The monoisotopic (exact) mass is 953 g/mol. The van der Waals surface area contributed by atoms with Gasteiger partial charge in [-0.1, -0.05) is 219 Å². The van der Waals surface area contributed by atoms with Gasteiger partial charge in [-0.05, 0) is 122 Å². The highest BCUT2D eigenvalue weighted by Crippen LogP contribution is 2.11. The van der Waals surface area contributed by atoms with Crippen LogP contribution in [0.3, 0.4) is 0 Å². The predicted molar refractivity (Wildman–Crippen MR) is 297 cm³/mol. The molecule has 69 heavy (non-hydrogen) atoms. The molecule has 0 heterocycles. The van der Waals surface area contributed by atoms with Crippen LogP contribution in [0.5, 0.6) is 0 Å². The minimum Gasteiger partial charge on any atom is -0.462 e. The molecular weight excluding hydrogens is 853 g/mol. The van der Waals surface area contributed by atoms with E-state index in [4.69, 9.17) is 14.2 Å². The van der Waals surface area contributed by atoms with Crippen molar-refractivity contribution >= 4 is 17.9 Å². The van der Waals surface area contributed by atoms with E-state index in [0.717, 1.165) is 77.0 Å². The molecule has 0 aromatic carbocycles. The number of rotatable bonds is 48. The summed E-state index contributed by atoms with van der Waals surface area (Å²) >= 11 is 0. The molecule has 0 fully saturated rings. The quantitative estimate of drug-likeness (QED) is 0.0262. The molecule has 0 aliphatic heterocycles. The maximum Gasteiger partial charge on any atom is 0.306 e. The Kier molecular flexibility index (Phi) is 52.5. The van der Waals surface area contributed by atoms with Gasteiger partial charge in [-0.15, -0.1) is 0 Å². The second-order valence-electron chi connectivity index (χ2n) is 17.7. The molecule has 0 amide bonds. The highest BCUT2D eigenvalue weighted by molar-refractivity contribution is 5.71. The van der Waals surface area contributed by atoms with Crippen LogP contribution in [0.2, 0.25) is 0 Å². The van der Waals surface area contributed by atoms with E-state index in [1.807, 2.05) is 0 Å². The highest BCUT2D eigenvalue weighted by atomic mass is 16.6. The van der Waals surface area contributed by atoms with Crippen LogP contribution in [0.25, 0.3) is 0 Å². The van der Waals surface area contributed by atoms with Crippen molar-refractivity contribution in [3.8, 4) is 0 Å². The fourth-order valence-electron chi connectivity index (χ4n) is 6.98. The zero-order valence-electron chi connectivity index (χ0n) is 44.3. The average Bonchev–Trinajstić information content (AvgIpc) is 3.35. The van der Waals surface area contributed by atoms with E-state index in [1.54, 1.807) is 0 Å². The van der Waals surface area contributed by atoms with Crippen LogP contribution in [-0.4, -0.2) is 37.2 Å². The van der Waals surface area contributed by atoms with Gasteiger partial charge in [0.1, 0.15) is 13.2 Å². The van der Waals surface area contributed by atoms with E-state index < -0.39 is 12.1 Å². The molecular formula is C63H100O6. The smallest absolute Gasteiger partial charge is 0.306 e. The second-order valence-corrected chi connectivity index (χ2v) is 17.7. The first kappa shape index (κ1) is 64.5. The van der Waals surface area contributed by atoms with Crippen molar-refractivity contribution in [2.75, 3.05) is 13.2 Å². The lowest BCUT2D eigenvalue weighted by molar-refractivity contribution is -0.166. The lowest BCUT2D eigenvalue weighted by Crippen LogP contribution is -2.30. The van der Waals surface area contributed by atoms with Crippen LogP contribution in [0.4, 0.5) is 0 Å². The zero-order chi connectivity index (χ0) is 50.0. The largest absolute Gasteiger partial charge is 0.462 e. The van der Waals surface area contributed by atoms with Crippen molar-refractivity contribution in [1.82, 2.24) is 0 Å². The molecule has 0 N–H and O–H groups in total. The van der Waals surface area contributed by atoms with Crippen LogP contribution in [0.1, 0.15) is 226 Å². The first-order valence-corrected chi connectivity index (χ1v) is 27.7. The fourth-order valence-corrected chi connectivity index (χ4v) is 6.98. The molecule has 0 aliphatic rings. The van der Waals surface area contributed by atoms with Gasteiger partial charge >= 0.3 is 17.9 Å². The third-order valence-corrected chi connectivity index (χ3v) is 11.1. The Morgan fingerprint density at radius 2 is 0.565 bits per heavy atom. The van der Waals surface area contributed by atoms with Crippen molar-refractivity contribution < 1.29 is 28.6 Å². The van der Waals surface area contributed by atoms with Crippen molar-refractivity contribution in [3.05, 3.63) is 134 Å². The Balaban J connectivity index is 4.65. The molecule has 0 aromatic rings. The maximum atomic E-state index is 12.8. The lowest BCUT2D eigenvalue weighted by atomic mass is 10.1. The van der Waals surface area contributed by atoms with E-state index in [-0.39, 0.29) is 44.4 Å². The Morgan fingerprint density at radius 1 is 0.304 bits per heavy atom. The molecule has 6 heteroatoms. The Bertz CT molecular complexity index is 1510. The van der Waals surface area contributed by atoms with Gasteiger partial charge in [0, 0.05) is 19.3 Å². The van der Waals surface area contributed by atoms with E-state index >= 15 is 0 Å². The summed E-state index contributed by atoms with van der Waals surface area (Å²) in [4.78, 5) is 38.0. The van der Waals surface area contributed by atoms with Crippen molar-refractivity contribution in [3.63, 3.8) is 0 Å². The number of unbranched alkanes of at least 4 members (excludes halogenated alkanes) is 15. The summed E-state index contributed by atoms with van der Waals surface area (Å²) in [6, 6.07) is 0. The van der Waals surface area contributed by atoms with Gasteiger partial charge in [-0.25, -0.2) is 0 Å². The van der Waals surface area contributed by atoms with Gasteiger partial charge in [-0.3, -0.25) is 14.4 Å². The number of hydrogen-bond donors (Lipinski definition) is 0. The summed E-state index contributed by atoms with van der Waals surface area (Å²) < 4.78 is 16.7. The van der Waals surface area contributed by atoms with Crippen LogP contribution in [0.15, 0.2) is 134 Å². The Hall–Kier alpha value is -4.45. The summed E-state index contributed by atoms with van der Waals surface area (Å²) in [6.07, 6.45) is 78.9. The number of carbonyl (C=O) groups is 3. The van der Waals surface area contributed by atoms with Crippen molar-refractivity contribution in [1.29, 1.82) is 0 Å². The van der Waals surface area contributed by atoms with Gasteiger partial charge in [0.15, 0.2) is 6.10 Å². The van der Waals surface area contributed by atoms with Crippen LogP contribution >= 0.6 is 0 Å². The number of carbonyl (C=O) groups excluding carboxylic acids is 3. The van der Waals surface area contributed by atoms with E-state index in [0.29, 0.717) is 19.3 Å². The number of hydrogen-bond acceptors (Lipinski definition) is 6. The van der Waals surface area contributed by atoms with Gasteiger partial charge in [0.2, 0.25) is 0 Å². The van der Waals surface area contributed by atoms with Gasteiger partial charge in [-0.2, -0.15) is 0 Å². The maximum absolute atomic E-state index is 12.8. The van der Waals surface area contributed by atoms with E-state index in [2.05, 4.69) is 154 Å². The molecule has 6 nitrogen and oxygen atoms in total. The first-order valence-electron chi connectivity index (χ1n) is 27.7. The second kappa shape index (κ2) is 56.1. The minimum atomic E-state index is -0.853. The third-order valence-electron chi connectivity index (χ3n) is 11.1. The number of allylic oxidation sites excluding steroid dienone is 22. The van der Waals surface area contributed by atoms with Gasteiger partial charge in [0.05, 0.1) is 0 Å². The van der Waals surface area contributed by atoms with Crippen LogP contribution < -0.4 is 0 Å². The third kappa shape index (κ3) is 54.4. The Labute approximate surface area is 424 Å². The van der Waals surface area contributed by atoms with E-state index in [1.165, 1.54) is 89.9 Å². The normalized spacial score (nSPS) is 13.1. The predicted octanol–water partition coefficient (Wildman–Crippen LogP) is 18.6. The van der Waals surface area contributed by atoms with Crippen molar-refractivity contribution in [2.45, 2.75) is 232 Å². The van der Waals surface area contributed by atoms with Crippen LogP contribution in [0, 0.1) is 0 Å². The SMILES string of the molecule is CC/C=C\C/C=C\C/C=C\C/C=C\C/C=C\CCCC(=O)OC[C@H](COC(=O)CCC/C=C\C/C=C\C/C=C\CCCCCCCC)OC(=O)CCC/C=C\C/C=C\C/C=C\CCCCCCCC. The number of esters is 3. The standard InChI is InChI=1S/C63H100O6/c1-4-7-10-13-16-19-22-25-28-31-34-37-40-43-46-49-52-55-61(64)67-58-60(69-63(66)57-54-51-48-45-42-39-36-33-30-27-24-21-18-15-12-9-6-3)59-68-62(65)56-53-50-47-44-41-38-35-32-29-26-23-20-17-14-11-8-5-2/h7,10,16,19,25-30,34-39,43-48,60H,4-6,8-9,11-15,17-18,20-24,31-33,40-42,49-59H2,1-3H3/b10-7-,19-16-,28-25-,29-26-,30-27-,37-34-,38-35-,39-36-,46-43-,47-44-,48-45-/t60-/m1/s1. The molecule has 0 aromatic heterocycles. The van der Waals surface area contributed by atoms with Crippen molar-refractivity contribution in [2.24, 2.45) is 0 Å². The zero-order valence-corrected chi connectivity index (χ0v) is 44.3. The molecule has 0 saturated carbocycles. The van der Waals surface area contributed by atoms with Gasteiger partial charge < -0.3 is 14.2 Å². The molecule has 1 atom stereocenters. The molecule has 388 valence electrons. The fraction of sp³-hybridized carbons (Fsp3) is 0.603. The topological polar surface area (TPSA) is 78.9 Å². The van der Waals surface area contributed by atoms with Gasteiger partial charge in [0.25, 0.3) is 0 Å². The molecule has 0 aliphatic carbocycles. The first-order chi connectivity index (χ1) is 34.0. The van der Waals surface area contributed by atoms with E-state index in [9.17, 15) is 14.4 Å². The molecule has 0 bridgehead atoms. The summed E-state index contributed by atoms with van der Waals surface area (Å²) in [5.74, 6) is -1.11. The Morgan fingerprint density at radius 3 is 0.884 bits per heavy atom.